The molecule has 1 fully saturated rings. The summed E-state index contributed by atoms with van der Waals surface area (Å²) in [5.41, 5.74) is 1.05. The lowest BCUT2D eigenvalue weighted by molar-refractivity contribution is -0.384. The topological polar surface area (TPSA) is 85.6 Å². The van der Waals surface area contributed by atoms with Crippen LogP contribution in [0.25, 0.3) is 11.3 Å². The van der Waals surface area contributed by atoms with E-state index in [-0.39, 0.29) is 17.6 Å². The molecule has 0 N–H and O–H groups in total. The molecule has 2 heterocycles. The highest BCUT2D eigenvalue weighted by Gasteiger charge is 2.27. The monoisotopic (exact) mass is 341 g/mol. The fourth-order valence-corrected chi connectivity index (χ4v) is 3.08. The van der Waals surface area contributed by atoms with Gasteiger partial charge in [0.15, 0.2) is 5.69 Å². The number of pyridine rings is 1. The van der Waals surface area contributed by atoms with Gasteiger partial charge in [0, 0.05) is 24.7 Å². The van der Waals surface area contributed by atoms with E-state index < -0.39 is 4.92 Å². The zero-order chi connectivity index (χ0) is 17.8. The molecule has 3 rings (SSSR count). The van der Waals surface area contributed by atoms with Crippen LogP contribution in [-0.2, 0) is 9.53 Å². The smallest absolute Gasteiger partial charge is 0.308 e. The molecule has 0 radical (unpaired) electrons. The third-order valence-electron chi connectivity index (χ3n) is 4.46. The lowest BCUT2D eigenvalue weighted by Crippen LogP contribution is -2.37. The summed E-state index contributed by atoms with van der Waals surface area (Å²) in [4.78, 5) is 29.2. The molecule has 2 aromatic rings. The molecule has 0 bridgehead atoms. The van der Waals surface area contributed by atoms with E-state index in [1.165, 1.54) is 13.2 Å². The van der Waals surface area contributed by atoms with Gasteiger partial charge < -0.3 is 9.64 Å². The van der Waals surface area contributed by atoms with Crippen LogP contribution in [0.1, 0.15) is 12.8 Å². The molecule has 0 atom stereocenters. The molecule has 1 aromatic heterocycles. The highest BCUT2D eigenvalue weighted by molar-refractivity contribution is 5.73. The molecule has 1 aliphatic heterocycles. The van der Waals surface area contributed by atoms with Crippen molar-refractivity contribution in [2.24, 2.45) is 5.92 Å². The summed E-state index contributed by atoms with van der Waals surface area (Å²) < 4.78 is 4.80. The van der Waals surface area contributed by atoms with Crippen molar-refractivity contribution in [2.75, 3.05) is 25.1 Å². The maximum absolute atomic E-state index is 11.6. The molecule has 1 aromatic carbocycles. The predicted molar refractivity (Wildman–Crippen MR) is 93.3 cm³/mol. The number of piperidine rings is 1. The number of carbonyl (C=O) groups excluding carboxylic acids is 1. The summed E-state index contributed by atoms with van der Waals surface area (Å²) in [6.07, 6.45) is 1.37. The van der Waals surface area contributed by atoms with E-state index in [4.69, 9.17) is 4.74 Å². The van der Waals surface area contributed by atoms with Crippen molar-refractivity contribution in [1.29, 1.82) is 0 Å². The van der Waals surface area contributed by atoms with Crippen LogP contribution in [0, 0.1) is 16.0 Å². The third-order valence-corrected chi connectivity index (χ3v) is 4.46. The first-order chi connectivity index (χ1) is 12.1. The number of hydrogen-bond acceptors (Lipinski definition) is 6. The first-order valence-corrected chi connectivity index (χ1v) is 8.14. The number of esters is 1. The van der Waals surface area contributed by atoms with Crippen LogP contribution < -0.4 is 4.90 Å². The molecule has 25 heavy (non-hydrogen) atoms. The number of ether oxygens (including phenoxy) is 1. The van der Waals surface area contributed by atoms with Gasteiger partial charge in [-0.05, 0) is 18.9 Å². The van der Waals surface area contributed by atoms with E-state index in [1.807, 2.05) is 30.3 Å². The SMILES string of the molecule is COC(=O)C1CCN(c2ccc([N+](=O)[O-])c(-c3ccccc3)n2)CC1. The fourth-order valence-electron chi connectivity index (χ4n) is 3.08. The van der Waals surface area contributed by atoms with Crippen LogP contribution in [-0.4, -0.2) is 36.1 Å². The van der Waals surface area contributed by atoms with Crippen molar-refractivity contribution < 1.29 is 14.5 Å². The van der Waals surface area contributed by atoms with Crippen molar-refractivity contribution in [3.63, 3.8) is 0 Å². The van der Waals surface area contributed by atoms with Crippen molar-refractivity contribution in [3.05, 3.63) is 52.6 Å². The second-order valence-electron chi connectivity index (χ2n) is 5.94. The number of nitrogens with zero attached hydrogens (tertiary/aromatic N) is 3. The van der Waals surface area contributed by atoms with Crippen LogP contribution in [0.3, 0.4) is 0 Å². The van der Waals surface area contributed by atoms with Gasteiger partial charge >= 0.3 is 5.97 Å². The van der Waals surface area contributed by atoms with Gasteiger partial charge in [-0.15, -0.1) is 0 Å². The zero-order valence-corrected chi connectivity index (χ0v) is 13.9. The summed E-state index contributed by atoms with van der Waals surface area (Å²) in [6.45, 7) is 1.33. The summed E-state index contributed by atoms with van der Waals surface area (Å²) in [5.74, 6) is 0.418. The molecule has 0 amide bonds. The number of nitro groups is 1. The highest BCUT2D eigenvalue weighted by atomic mass is 16.6. The number of benzene rings is 1. The third kappa shape index (κ3) is 3.60. The summed E-state index contributed by atoms with van der Waals surface area (Å²) in [6, 6.07) is 12.3. The summed E-state index contributed by atoms with van der Waals surface area (Å²) >= 11 is 0. The Bertz CT molecular complexity index is 771. The summed E-state index contributed by atoms with van der Waals surface area (Å²) in [5, 5.41) is 11.3. The number of aromatic nitrogens is 1. The lowest BCUT2D eigenvalue weighted by Gasteiger charge is -2.31. The van der Waals surface area contributed by atoms with Crippen LogP contribution in [0.15, 0.2) is 42.5 Å². The molecule has 0 aliphatic carbocycles. The molecule has 130 valence electrons. The minimum absolute atomic E-state index is 0.0144. The molecule has 0 spiro atoms. The number of anilines is 1. The van der Waals surface area contributed by atoms with Gasteiger partial charge in [0.05, 0.1) is 18.0 Å². The van der Waals surface area contributed by atoms with Crippen molar-refractivity contribution in [2.45, 2.75) is 12.8 Å². The molecular formula is C18H19N3O4. The van der Waals surface area contributed by atoms with Crippen LogP contribution in [0.4, 0.5) is 11.5 Å². The second-order valence-corrected chi connectivity index (χ2v) is 5.94. The van der Waals surface area contributed by atoms with Crippen molar-refractivity contribution in [3.8, 4) is 11.3 Å². The Labute approximate surface area is 145 Å². The molecule has 0 saturated carbocycles. The Morgan fingerprint density at radius 2 is 1.88 bits per heavy atom. The van der Waals surface area contributed by atoms with E-state index in [1.54, 1.807) is 6.07 Å². The van der Waals surface area contributed by atoms with Gasteiger partial charge in [0.1, 0.15) is 5.82 Å². The normalized spacial score (nSPS) is 15.0. The molecule has 7 heteroatoms. The maximum atomic E-state index is 11.6. The summed E-state index contributed by atoms with van der Waals surface area (Å²) in [7, 11) is 1.40. The second kappa shape index (κ2) is 7.29. The Hall–Kier alpha value is -2.96. The first-order valence-electron chi connectivity index (χ1n) is 8.14. The van der Waals surface area contributed by atoms with E-state index in [2.05, 4.69) is 9.88 Å². The van der Waals surface area contributed by atoms with Crippen LogP contribution in [0.5, 0.6) is 0 Å². The van der Waals surface area contributed by atoms with Crippen LogP contribution >= 0.6 is 0 Å². The van der Waals surface area contributed by atoms with E-state index in [0.29, 0.717) is 43.0 Å². The molecule has 7 nitrogen and oxygen atoms in total. The standard InChI is InChI=1S/C18H19N3O4/c1-25-18(22)14-9-11-20(12-10-14)16-8-7-15(21(23)24)17(19-16)13-5-3-2-4-6-13/h2-8,14H,9-12H2,1H3. The number of carbonyl (C=O) groups is 1. The van der Waals surface area contributed by atoms with Crippen molar-refractivity contribution >= 4 is 17.5 Å². The van der Waals surface area contributed by atoms with E-state index in [9.17, 15) is 14.9 Å². The quantitative estimate of drug-likeness (QED) is 0.483. The van der Waals surface area contributed by atoms with Gasteiger partial charge in [-0.25, -0.2) is 4.98 Å². The maximum Gasteiger partial charge on any atom is 0.308 e. The largest absolute Gasteiger partial charge is 0.469 e. The Kier molecular flexibility index (Phi) is 4.92. The molecular weight excluding hydrogens is 322 g/mol. The van der Waals surface area contributed by atoms with Gasteiger partial charge in [0.25, 0.3) is 5.69 Å². The Balaban J connectivity index is 1.87. The van der Waals surface area contributed by atoms with E-state index in [0.717, 1.165) is 0 Å². The van der Waals surface area contributed by atoms with Gasteiger partial charge in [0.2, 0.25) is 0 Å². The lowest BCUT2D eigenvalue weighted by atomic mass is 9.97. The zero-order valence-electron chi connectivity index (χ0n) is 13.9. The van der Waals surface area contributed by atoms with Crippen molar-refractivity contribution in [1.82, 2.24) is 4.98 Å². The average molecular weight is 341 g/mol. The number of hydrogen-bond donors (Lipinski definition) is 0. The van der Waals surface area contributed by atoms with Gasteiger partial charge in [-0.3, -0.25) is 14.9 Å². The first kappa shape index (κ1) is 16.9. The molecule has 1 aliphatic rings. The number of methoxy groups -OCH3 is 1. The Morgan fingerprint density at radius 1 is 1.20 bits per heavy atom. The van der Waals surface area contributed by atoms with E-state index >= 15 is 0 Å². The molecule has 0 unspecified atom stereocenters. The van der Waals surface area contributed by atoms with Crippen LogP contribution in [0.2, 0.25) is 0 Å². The minimum atomic E-state index is -0.414. The average Bonchev–Trinajstić information content (AvgIpc) is 2.67. The predicted octanol–water partition coefficient (Wildman–Crippen LogP) is 3.05. The van der Waals surface area contributed by atoms with Gasteiger partial charge in [-0.2, -0.15) is 0 Å². The molecule has 1 saturated heterocycles. The number of rotatable bonds is 4. The minimum Gasteiger partial charge on any atom is -0.469 e. The highest BCUT2D eigenvalue weighted by Crippen LogP contribution is 2.31. The Morgan fingerprint density at radius 3 is 2.48 bits per heavy atom. The fraction of sp³-hybridized carbons (Fsp3) is 0.333. The van der Waals surface area contributed by atoms with Gasteiger partial charge in [-0.1, -0.05) is 30.3 Å².